The number of nitrogens with zero attached hydrogens (tertiary/aromatic N) is 1. The molecule has 0 spiro atoms. The summed E-state index contributed by atoms with van der Waals surface area (Å²) >= 11 is 0. The molecule has 3 atom stereocenters. The van der Waals surface area contributed by atoms with E-state index >= 15 is 4.39 Å². The second kappa shape index (κ2) is 11.5. The minimum absolute atomic E-state index is 0.0192. The van der Waals surface area contributed by atoms with Gasteiger partial charge in [0.25, 0.3) is 5.91 Å². The smallest absolute Gasteiger partial charge is 0.387 e. The van der Waals surface area contributed by atoms with Gasteiger partial charge in [-0.15, -0.1) is 0 Å². The Bertz CT molecular complexity index is 1420. The van der Waals surface area contributed by atoms with E-state index in [2.05, 4.69) is 11.7 Å². The van der Waals surface area contributed by atoms with Crippen LogP contribution in [0, 0.1) is 24.5 Å². The number of carbonyl (C=O) groups excluding carboxylic acids is 1. The number of hydrogen-bond donors (Lipinski definition) is 2. The summed E-state index contributed by atoms with van der Waals surface area (Å²) in [4.78, 5) is 14.5. The molecule has 1 radical (unpaired) electrons. The Morgan fingerprint density at radius 1 is 1.20 bits per heavy atom. The van der Waals surface area contributed by atoms with E-state index in [-0.39, 0.29) is 46.6 Å². The summed E-state index contributed by atoms with van der Waals surface area (Å²) in [6, 6.07) is 3.88. The van der Waals surface area contributed by atoms with Crippen molar-refractivity contribution in [2.75, 3.05) is 12.9 Å². The number of alkyl halides is 2. The topological polar surface area (TPSA) is 120 Å². The Morgan fingerprint density at radius 3 is 2.48 bits per heavy atom. The van der Waals surface area contributed by atoms with Gasteiger partial charge in [-0.2, -0.15) is 8.78 Å². The van der Waals surface area contributed by atoms with Gasteiger partial charge in [0, 0.05) is 17.2 Å². The zero-order valence-electron chi connectivity index (χ0n) is 21.6. The average Bonchev–Trinajstić information content (AvgIpc) is 3.60. The van der Waals surface area contributed by atoms with Crippen molar-refractivity contribution < 1.29 is 45.0 Å². The summed E-state index contributed by atoms with van der Waals surface area (Å²) in [6.45, 7) is 2.63. The molecule has 1 aliphatic carbocycles. The molecule has 2 aliphatic rings. The molecule has 2 aromatic carbocycles. The Kier molecular flexibility index (Phi) is 8.49. The van der Waals surface area contributed by atoms with E-state index in [9.17, 15) is 26.4 Å². The summed E-state index contributed by atoms with van der Waals surface area (Å²) < 4.78 is 97.1. The van der Waals surface area contributed by atoms with Crippen LogP contribution in [0.25, 0.3) is 0 Å². The number of sulfonamides is 1. The molecule has 0 saturated heterocycles. The van der Waals surface area contributed by atoms with Gasteiger partial charge in [0.2, 0.25) is 10.0 Å². The van der Waals surface area contributed by atoms with Crippen LogP contribution in [0.5, 0.6) is 11.5 Å². The first-order valence-electron chi connectivity index (χ1n) is 12.2. The van der Waals surface area contributed by atoms with E-state index in [1.54, 1.807) is 6.92 Å². The minimum Gasteiger partial charge on any atom is -0.489 e. The number of nitrogens with two attached hydrogens (primary N) is 1. The number of carbonyl (C=O) groups is 1. The Balaban J connectivity index is 1.84. The van der Waals surface area contributed by atoms with Crippen molar-refractivity contribution in [2.45, 2.75) is 44.7 Å². The summed E-state index contributed by atoms with van der Waals surface area (Å²) in [7, 11) is -4.12. The van der Waals surface area contributed by atoms with Gasteiger partial charge in [-0.3, -0.25) is 9.52 Å². The molecular weight excluding hydrogens is 558 g/mol. The molecule has 40 heavy (non-hydrogen) atoms. The molecule has 3 N–H and O–H groups in total. The van der Waals surface area contributed by atoms with E-state index in [1.807, 2.05) is 4.72 Å². The molecule has 0 bridgehead atoms. The Labute approximate surface area is 228 Å². The first-order chi connectivity index (χ1) is 18.7. The van der Waals surface area contributed by atoms with Crippen molar-refractivity contribution in [1.82, 2.24) is 9.62 Å². The van der Waals surface area contributed by atoms with Crippen LogP contribution in [0.4, 0.5) is 17.6 Å². The second-order valence-electron chi connectivity index (χ2n) is 9.62. The molecule has 4 rings (SSSR count). The van der Waals surface area contributed by atoms with Crippen molar-refractivity contribution in [3.05, 3.63) is 77.5 Å². The quantitative estimate of drug-likeness (QED) is 0.381. The van der Waals surface area contributed by atoms with Crippen molar-refractivity contribution in [3.8, 4) is 11.5 Å². The molecule has 1 heterocycles. The highest BCUT2D eigenvalue weighted by Gasteiger charge is 2.43. The number of nitrogens with one attached hydrogen (secondary N) is 1. The molecule has 217 valence electrons. The first kappa shape index (κ1) is 29.5. The maximum absolute atomic E-state index is 15.1. The molecule has 14 heteroatoms. The minimum atomic E-state index is -4.12. The predicted molar refractivity (Wildman–Crippen MR) is 135 cm³/mol. The van der Waals surface area contributed by atoms with Crippen LogP contribution in [-0.2, 0) is 19.6 Å². The van der Waals surface area contributed by atoms with Crippen molar-refractivity contribution in [1.29, 1.82) is 0 Å². The number of amides is 1. The van der Waals surface area contributed by atoms with Crippen LogP contribution in [0.1, 0.15) is 43.2 Å². The van der Waals surface area contributed by atoms with Crippen molar-refractivity contribution >= 4 is 15.9 Å². The predicted octanol–water partition coefficient (Wildman–Crippen LogP) is 3.90. The highest BCUT2D eigenvalue weighted by Crippen LogP contribution is 2.46. The molecule has 1 saturated carbocycles. The summed E-state index contributed by atoms with van der Waals surface area (Å²) in [5.74, 6) is -3.15. The van der Waals surface area contributed by atoms with E-state index in [0.717, 1.165) is 31.2 Å². The zero-order chi connectivity index (χ0) is 29.4. The number of benzene rings is 2. The fourth-order valence-corrected chi connectivity index (χ4v) is 4.74. The van der Waals surface area contributed by atoms with Gasteiger partial charge in [0.15, 0.2) is 17.7 Å². The third kappa shape index (κ3) is 6.78. The number of ether oxygens (including phenoxy) is 3. The van der Waals surface area contributed by atoms with E-state index in [4.69, 9.17) is 15.2 Å². The van der Waals surface area contributed by atoms with Crippen LogP contribution in [0.3, 0.4) is 0 Å². The summed E-state index contributed by atoms with van der Waals surface area (Å²) in [6.07, 6.45) is 1.31. The zero-order valence-corrected chi connectivity index (χ0v) is 22.4. The van der Waals surface area contributed by atoms with Gasteiger partial charge >= 0.3 is 6.61 Å². The van der Waals surface area contributed by atoms with Crippen LogP contribution < -0.4 is 19.9 Å². The Hall–Kier alpha value is -3.52. The largest absolute Gasteiger partial charge is 0.489 e. The lowest BCUT2D eigenvalue weighted by molar-refractivity contribution is -0.127. The summed E-state index contributed by atoms with van der Waals surface area (Å²) in [5.41, 5.74) is 5.93. The Morgan fingerprint density at radius 2 is 1.90 bits per heavy atom. The molecule has 9 nitrogen and oxygen atoms in total. The van der Waals surface area contributed by atoms with Gasteiger partial charge in [0.05, 0.1) is 24.6 Å². The molecular formula is C26H28F4N3O6S. The lowest BCUT2D eigenvalue weighted by Crippen LogP contribution is -2.42. The monoisotopic (exact) mass is 586 g/mol. The normalized spacial score (nSPS) is 18.9. The van der Waals surface area contributed by atoms with Crippen LogP contribution in [0.15, 0.2) is 47.9 Å². The lowest BCUT2D eigenvalue weighted by Gasteiger charge is -2.34. The standard InChI is InChI=1S/C26H28F4N3O6S/c1-13(31)23-14(2)33(22(24(34)32-40(3,35)36)18-8-7-17(27)11-19(18)28)25(39-23)16-6-9-20(38-26(29)30)21(10-16)37-12-15-4-5-15/h6-11,13,15,22,25-26H,2,4-5,12,31H2,1,3H3,(H,32,34)/t13-,22+,25?/m0/s1. The second-order valence-corrected chi connectivity index (χ2v) is 11.4. The molecule has 1 aliphatic heterocycles. The highest BCUT2D eigenvalue weighted by molar-refractivity contribution is 7.89. The lowest BCUT2D eigenvalue weighted by atomic mass is 10.0. The molecule has 1 fully saturated rings. The third-order valence-electron chi connectivity index (χ3n) is 6.21. The van der Waals surface area contributed by atoms with Gasteiger partial charge in [-0.25, -0.2) is 17.2 Å². The average molecular weight is 587 g/mol. The first-order valence-corrected chi connectivity index (χ1v) is 14.1. The fourth-order valence-electron chi connectivity index (χ4n) is 4.26. The summed E-state index contributed by atoms with van der Waals surface area (Å²) in [5, 5.41) is 0. The maximum atomic E-state index is 15.1. The van der Waals surface area contributed by atoms with Gasteiger partial charge in [-0.05, 0) is 56.9 Å². The number of allylic oxidation sites excluding steroid dienone is 1. The van der Waals surface area contributed by atoms with Crippen LogP contribution in [0.2, 0.25) is 0 Å². The van der Waals surface area contributed by atoms with Crippen molar-refractivity contribution in [2.24, 2.45) is 11.7 Å². The van der Waals surface area contributed by atoms with E-state index in [0.29, 0.717) is 6.07 Å². The van der Waals surface area contributed by atoms with Crippen molar-refractivity contribution in [3.63, 3.8) is 0 Å². The van der Waals surface area contributed by atoms with Gasteiger partial charge in [0.1, 0.15) is 23.4 Å². The highest BCUT2D eigenvalue weighted by atomic mass is 32.2. The van der Waals surface area contributed by atoms with Crippen LogP contribution in [-0.4, -0.2) is 44.7 Å². The maximum Gasteiger partial charge on any atom is 0.387 e. The number of hydrogen-bond acceptors (Lipinski definition) is 8. The van der Waals surface area contributed by atoms with Gasteiger partial charge < -0.3 is 24.8 Å². The SMILES string of the molecule is [CH2]C1=C([C@H](C)N)OC(c2ccc(OC(F)F)c(OCC3CC3)c2)N1[C@@H](C(=O)NS(C)(=O)=O)c1ccc(F)cc1F. The molecule has 0 aromatic heterocycles. The fraction of sp³-hybridized carbons (Fsp3) is 0.385. The van der Waals surface area contributed by atoms with Crippen LogP contribution >= 0.6 is 0 Å². The molecule has 2 aromatic rings. The number of rotatable bonds is 11. The number of halogens is 4. The molecule has 1 unspecified atom stereocenters. The van der Waals surface area contributed by atoms with E-state index < -0.39 is 52.5 Å². The third-order valence-corrected chi connectivity index (χ3v) is 6.78. The molecule has 1 amide bonds. The van der Waals surface area contributed by atoms with Gasteiger partial charge in [-0.1, -0.05) is 6.07 Å². The van der Waals surface area contributed by atoms with E-state index in [1.165, 1.54) is 23.1 Å².